The smallest absolute Gasteiger partial charge is 0.258 e. The van der Waals surface area contributed by atoms with Crippen molar-refractivity contribution in [1.29, 1.82) is 0 Å². The zero-order valence-electron chi connectivity index (χ0n) is 13.3. The third kappa shape index (κ3) is 4.38. The fraction of sp³-hybridized carbons (Fsp3) is 0.222. The molecule has 0 amide bonds. The zero-order chi connectivity index (χ0) is 16.9. The highest BCUT2D eigenvalue weighted by Crippen LogP contribution is 2.20. The Labute approximate surface area is 149 Å². The number of fused-ring (bicyclic) bond motifs is 1. The van der Waals surface area contributed by atoms with Crippen LogP contribution in [0, 0.1) is 0 Å². The summed E-state index contributed by atoms with van der Waals surface area (Å²) in [6.45, 7) is 1.51. The summed E-state index contributed by atoms with van der Waals surface area (Å²) in [4.78, 5) is 22.8. The lowest BCUT2D eigenvalue weighted by molar-refractivity contribution is 0.339. The van der Waals surface area contributed by atoms with Gasteiger partial charge in [0.15, 0.2) is 0 Å². The summed E-state index contributed by atoms with van der Waals surface area (Å²) in [5, 5.41) is 1.38. The number of aromatic nitrogens is 2. The molecule has 3 rings (SSSR count). The maximum atomic E-state index is 12.1. The average molecular weight is 360 g/mol. The molecule has 1 N–H and O–H groups in total. The molecule has 0 radical (unpaired) electrons. The van der Waals surface area contributed by atoms with E-state index in [2.05, 4.69) is 14.9 Å². The molecule has 0 saturated heterocycles. The number of aromatic amines is 1. The molecule has 0 aliphatic carbocycles. The monoisotopic (exact) mass is 359 g/mol. The lowest BCUT2D eigenvalue weighted by atomic mass is 10.2. The van der Waals surface area contributed by atoms with Gasteiger partial charge >= 0.3 is 0 Å². The van der Waals surface area contributed by atoms with E-state index in [0.717, 1.165) is 22.8 Å². The number of thioether (sulfide) groups is 1. The molecule has 0 bridgehead atoms. The number of rotatable bonds is 6. The van der Waals surface area contributed by atoms with E-state index >= 15 is 0 Å². The Morgan fingerprint density at radius 3 is 2.71 bits per heavy atom. The fourth-order valence-corrected chi connectivity index (χ4v) is 3.49. The molecule has 6 heteroatoms. The number of halogens is 1. The second kappa shape index (κ2) is 7.83. The van der Waals surface area contributed by atoms with Crippen LogP contribution in [0.4, 0.5) is 0 Å². The molecule has 1 heterocycles. The molecule has 0 atom stereocenters. The summed E-state index contributed by atoms with van der Waals surface area (Å²) in [5.74, 6) is 1.65. The van der Waals surface area contributed by atoms with Crippen LogP contribution in [0.25, 0.3) is 10.9 Å². The van der Waals surface area contributed by atoms with Crippen LogP contribution in [0.1, 0.15) is 5.82 Å². The van der Waals surface area contributed by atoms with Crippen LogP contribution in [0.15, 0.2) is 58.2 Å². The second-order valence-corrected chi connectivity index (χ2v) is 7.17. The van der Waals surface area contributed by atoms with Gasteiger partial charge in [0, 0.05) is 22.2 Å². The minimum atomic E-state index is -0.0838. The summed E-state index contributed by atoms with van der Waals surface area (Å²) in [6.07, 6.45) is 0. The van der Waals surface area contributed by atoms with Gasteiger partial charge in [0.05, 0.1) is 17.4 Å². The van der Waals surface area contributed by atoms with Gasteiger partial charge in [-0.3, -0.25) is 9.69 Å². The molecule has 4 nitrogen and oxygen atoms in total. The Balaban J connectivity index is 1.57. The summed E-state index contributed by atoms with van der Waals surface area (Å²) in [7, 11) is 2.03. The van der Waals surface area contributed by atoms with Gasteiger partial charge in [-0.25, -0.2) is 4.98 Å². The maximum Gasteiger partial charge on any atom is 0.258 e. The van der Waals surface area contributed by atoms with Gasteiger partial charge < -0.3 is 4.98 Å². The van der Waals surface area contributed by atoms with Gasteiger partial charge in [-0.05, 0) is 43.4 Å². The van der Waals surface area contributed by atoms with Crippen LogP contribution in [-0.4, -0.2) is 34.2 Å². The number of H-pyrrole nitrogens is 1. The first-order valence-electron chi connectivity index (χ1n) is 7.67. The maximum absolute atomic E-state index is 12.1. The molecule has 0 saturated carbocycles. The van der Waals surface area contributed by atoms with Crippen molar-refractivity contribution in [2.45, 2.75) is 11.4 Å². The molecular weight excluding hydrogens is 342 g/mol. The second-order valence-electron chi connectivity index (χ2n) is 5.57. The Hall–Kier alpha value is -1.82. The van der Waals surface area contributed by atoms with Crippen LogP contribution in [0.5, 0.6) is 0 Å². The first-order valence-corrected chi connectivity index (χ1v) is 9.03. The average Bonchev–Trinajstić information content (AvgIpc) is 2.57. The number of para-hydroxylation sites is 1. The molecule has 0 fully saturated rings. The lowest BCUT2D eigenvalue weighted by Crippen LogP contribution is -2.24. The summed E-state index contributed by atoms with van der Waals surface area (Å²) in [5.41, 5.74) is 0.653. The first-order chi connectivity index (χ1) is 11.6. The van der Waals surface area contributed by atoms with Gasteiger partial charge in [-0.2, -0.15) is 0 Å². The van der Waals surface area contributed by atoms with Crippen molar-refractivity contribution in [1.82, 2.24) is 14.9 Å². The molecule has 0 spiro atoms. The number of nitrogens with one attached hydrogen (secondary N) is 1. The van der Waals surface area contributed by atoms with Crippen molar-refractivity contribution in [3.63, 3.8) is 0 Å². The van der Waals surface area contributed by atoms with Crippen LogP contribution in [0.3, 0.4) is 0 Å². The number of nitrogens with zero attached hydrogens (tertiary/aromatic N) is 2. The Bertz CT molecular complexity index is 879. The molecule has 0 unspecified atom stereocenters. The summed E-state index contributed by atoms with van der Waals surface area (Å²) < 4.78 is 0. The first kappa shape index (κ1) is 17.0. The van der Waals surface area contributed by atoms with Crippen molar-refractivity contribution in [3.05, 3.63) is 69.7 Å². The standard InChI is InChI=1S/C18H18ClN3OS/c1-22(10-11-24-14-8-6-13(19)7-9-14)12-17-20-16-5-3-2-4-15(16)18(23)21-17/h2-9H,10-12H2,1H3,(H,20,21,23). The molecule has 124 valence electrons. The van der Waals surface area contributed by atoms with Crippen molar-refractivity contribution >= 4 is 34.3 Å². The van der Waals surface area contributed by atoms with Crippen LogP contribution in [0.2, 0.25) is 5.02 Å². The SMILES string of the molecule is CN(CCSc1ccc(Cl)cc1)Cc1nc2ccccc2c(=O)[nH]1. The highest BCUT2D eigenvalue weighted by Gasteiger charge is 2.06. The van der Waals surface area contributed by atoms with Crippen LogP contribution in [-0.2, 0) is 6.54 Å². The lowest BCUT2D eigenvalue weighted by Gasteiger charge is -2.15. The predicted octanol–water partition coefficient (Wildman–Crippen LogP) is 3.80. The highest BCUT2D eigenvalue weighted by molar-refractivity contribution is 7.99. The summed E-state index contributed by atoms with van der Waals surface area (Å²) in [6, 6.07) is 15.2. The fourth-order valence-electron chi connectivity index (χ4n) is 2.39. The van der Waals surface area contributed by atoms with E-state index in [4.69, 9.17) is 11.6 Å². The van der Waals surface area contributed by atoms with E-state index in [1.807, 2.05) is 49.5 Å². The number of benzene rings is 2. The van der Waals surface area contributed by atoms with E-state index in [0.29, 0.717) is 17.8 Å². The molecule has 0 aliphatic heterocycles. The molecule has 0 aliphatic rings. The van der Waals surface area contributed by atoms with E-state index in [1.54, 1.807) is 17.8 Å². The van der Waals surface area contributed by atoms with Gasteiger partial charge in [0.1, 0.15) is 5.82 Å². The molecule has 1 aromatic heterocycles. The largest absolute Gasteiger partial charge is 0.309 e. The molecular formula is C18H18ClN3OS. The Morgan fingerprint density at radius 1 is 1.17 bits per heavy atom. The van der Waals surface area contributed by atoms with E-state index in [1.165, 1.54) is 4.90 Å². The van der Waals surface area contributed by atoms with Crippen molar-refractivity contribution in [2.24, 2.45) is 0 Å². The van der Waals surface area contributed by atoms with Gasteiger partial charge in [-0.15, -0.1) is 11.8 Å². The minimum Gasteiger partial charge on any atom is -0.309 e. The molecule has 2 aromatic carbocycles. The van der Waals surface area contributed by atoms with Gasteiger partial charge in [0.25, 0.3) is 5.56 Å². The normalized spacial score (nSPS) is 11.3. The van der Waals surface area contributed by atoms with Gasteiger partial charge in [0.2, 0.25) is 0 Å². The summed E-state index contributed by atoms with van der Waals surface area (Å²) >= 11 is 7.67. The quantitative estimate of drug-likeness (QED) is 0.680. The van der Waals surface area contributed by atoms with Crippen molar-refractivity contribution in [3.8, 4) is 0 Å². The highest BCUT2D eigenvalue weighted by atomic mass is 35.5. The number of hydrogen-bond donors (Lipinski definition) is 1. The molecule has 24 heavy (non-hydrogen) atoms. The van der Waals surface area contributed by atoms with Crippen LogP contribution >= 0.6 is 23.4 Å². The van der Waals surface area contributed by atoms with Gasteiger partial charge in [-0.1, -0.05) is 23.7 Å². The Kier molecular flexibility index (Phi) is 5.56. The van der Waals surface area contributed by atoms with E-state index in [-0.39, 0.29) is 5.56 Å². The Morgan fingerprint density at radius 2 is 1.92 bits per heavy atom. The predicted molar refractivity (Wildman–Crippen MR) is 101 cm³/mol. The third-order valence-corrected chi connectivity index (χ3v) is 4.88. The minimum absolute atomic E-state index is 0.0838. The molecule has 3 aromatic rings. The van der Waals surface area contributed by atoms with E-state index < -0.39 is 0 Å². The van der Waals surface area contributed by atoms with Crippen molar-refractivity contribution in [2.75, 3.05) is 19.3 Å². The third-order valence-electron chi connectivity index (χ3n) is 3.64. The van der Waals surface area contributed by atoms with Crippen LogP contribution < -0.4 is 5.56 Å². The zero-order valence-corrected chi connectivity index (χ0v) is 14.9. The topological polar surface area (TPSA) is 49.0 Å². The van der Waals surface area contributed by atoms with Crippen molar-refractivity contribution < 1.29 is 0 Å². The number of hydrogen-bond acceptors (Lipinski definition) is 4. The van der Waals surface area contributed by atoms with E-state index in [9.17, 15) is 4.79 Å².